The molecule has 0 N–H and O–H groups in total. The smallest absolute Gasteiger partial charge is 0.385 e. The molecule has 0 aliphatic rings. The molecule has 2 rings (SSSR count). The highest BCUT2D eigenvalue weighted by Crippen LogP contribution is 2.07. The quantitative estimate of drug-likeness (QED) is 0.630. The Morgan fingerprint density at radius 2 is 2.11 bits per heavy atom. The predicted octanol–water partition coefficient (Wildman–Crippen LogP) is 3.36. The van der Waals surface area contributed by atoms with Gasteiger partial charge in [-0.3, -0.25) is 0 Å². The molecule has 0 saturated heterocycles. The van der Waals surface area contributed by atoms with Gasteiger partial charge in [-0.2, -0.15) is 11.3 Å². The fourth-order valence-electron chi connectivity index (χ4n) is 1.36. The second-order valence-electron chi connectivity index (χ2n) is 3.67. The molecule has 3 heteroatoms. The van der Waals surface area contributed by atoms with Gasteiger partial charge in [-0.1, -0.05) is 30.2 Å². The maximum absolute atomic E-state index is 11.4. The summed E-state index contributed by atoms with van der Waals surface area (Å²) in [7, 11) is 0. The third kappa shape index (κ3) is 4.82. The molecule has 0 aliphatic carbocycles. The molecular weight excluding hydrogens is 256 g/mol. The van der Waals surface area contributed by atoms with Crippen LogP contribution >= 0.6 is 11.3 Å². The highest BCUT2D eigenvalue weighted by molar-refractivity contribution is 7.08. The van der Waals surface area contributed by atoms with Crippen LogP contribution in [0.3, 0.4) is 0 Å². The van der Waals surface area contributed by atoms with E-state index in [1.54, 1.807) is 17.4 Å². The van der Waals surface area contributed by atoms with Crippen LogP contribution < -0.4 is 0 Å². The monoisotopic (exact) mass is 268 g/mol. The lowest BCUT2D eigenvalue weighted by molar-refractivity contribution is -0.135. The second-order valence-corrected chi connectivity index (χ2v) is 4.45. The average Bonchev–Trinajstić information content (AvgIpc) is 2.96. The number of esters is 1. The second kappa shape index (κ2) is 7.20. The Morgan fingerprint density at radius 1 is 1.26 bits per heavy atom. The molecule has 2 nitrogen and oxygen atoms in total. The summed E-state index contributed by atoms with van der Waals surface area (Å²) < 4.78 is 4.97. The summed E-state index contributed by atoms with van der Waals surface area (Å²) in [6.45, 7) is 0.234. The summed E-state index contributed by atoms with van der Waals surface area (Å²) in [4.78, 5) is 11.4. The molecule has 0 amide bonds. The van der Waals surface area contributed by atoms with Crippen LogP contribution in [-0.2, 0) is 9.53 Å². The molecular formula is C16H12O2S. The van der Waals surface area contributed by atoms with Crippen molar-refractivity contribution in [1.82, 2.24) is 0 Å². The highest BCUT2D eigenvalue weighted by Gasteiger charge is 1.94. The first-order valence-corrected chi connectivity index (χ1v) is 6.71. The van der Waals surface area contributed by atoms with Gasteiger partial charge in [-0.05, 0) is 40.6 Å². The summed E-state index contributed by atoms with van der Waals surface area (Å²) in [5.41, 5.74) is 1.91. The number of carbonyl (C=O) groups excluding carboxylic acids is 1. The third-order valence-electron chi connectivity index (χ3n) is 2.25. The van der Waals surface area contributed by atoms with Gasteiger partial charge in [-0.15, -0.1) is 0 Å². The van der Waals surface area contributed by atoms with E-state index in [1.807, 2.05) is 53.2 Å². The molecule has 0 aliphatic heterocycles. The Labute approximate surface area is 116 Å². The number of ether oxygens (including phenoxy) is 1. The van der Waals surface area contributed by atoms with Crippen molar-refractivity contribution in [3.63, 3.8) is 0 Å². The molecule has 0 unspecified atom stereocenters. The van der Waals surface area contributed by atoms with Crippen molar-refractivity contribution in [2.75, 3.05) is 6.61 Å². The normalized spacial score (nSPS) is 9.89. The van der Waals surface area contributed by atoms with Gasteiger partial charge >= 0.3 is 5.97 Å². The zero-order valence-electron chi connectivity index (χ0n) is 10.2. The van der Waals surface area contributed by atoms with Crippen molar-refractivity contribution in [3.8, 4) is 11.8 Å². The van der Waals surface area contributed by atoms with Crippen molar-refractivity contribution >= 4 is 23.4 Å². The molecule has 1 heterocycles. The van der Waals surface area contributed by atoms with Gasteiger partial charge in [0, 0.05) is 11.5 Å². The molecule has 1 aromatic heterocycles. The van der Waals surface area contributed by atoms with E-state index < -0.39 is 5.97 Å². The molecule has 0 saturated carbocycles. The number of hydrogen-bond donors (Lipinski definition) is 0. The van der Waals surface area contributed by atoms with Gasteiger partial charge in [0.15, 0.2) is 0 Å². The number of benzene rings is 1. The minimum Gasteiger partial charge on any atom is -0.452 e. The molecule has 0 fully saturated rings. The summed E-state index contributed by atoms with van der Waals surface area (Å²) in [6, 6.07) is 11.3. The van der Waals surface area contributed by atoms with Crippen LogP contribution in [-0.4, -0.2) is 12.6 Å². The van der Waals surface area contributed by atoms with Gasteiger partial charge in [-0.25, -0.2) is 4.79 Å². The van der Waals surface area contributed by atoms with E-state index in [0.29, 0.717) is 0 Å². The van der Waals surface area contributed by atoms with Crippen molar-refractivity contribution in [1.29, 1.82) is 0 Å². The number of thiophene rings is 1. The Bertz CT molecular complexity index is 601. The first-order valence-electron chi connectivity index (χ1n) is 5.77. The summed E-state index contributed by atoms with van der Waals surface area (Å²) in [5, 5.41) is 4.02. The fraction of sp³-hybridized carbons (Fsp3) is 0.0625. The number of rotatable bonds is 3. The van der Waals surface area contributed by atoms with Crippen molar-refractivity contribution in [2.24, 2.45) is 0 Å². The topological polar surface area (TPSA) is 26.3 Å². The van der Waals surface area contributed by atoms with Gasteiger partial charge < -0.3 is 4.74 Å². The molecule has 0 spiro atoms. The van der Waals surface area contributed by atoms with E-state index in [-0.39, 0.29) is 6.61 Å². The third-order valence-corrected chi connectivity index (χ3v) is 2.95. The Hall–Kier alpha value is -2.31. The largest absolute Gasteiger partial charge is 0.452 e. The number of carbonyl (C=O) groups is 1. The van der Waals surface area contributed by atoms with Crippen LogP contribution in [0.25, 0.3) is 6.08 Å². The summed E-state index contributed by atoms with van der Waals surface area (Å²) in [6.07, 6.45) is 3.71. The van der Waals surface area contributed by atoms with Crippen LogP contribution in [0.1, 0.15) is 11.1 Å². The zero-order chi connectivity index (χ0) is 13.3. The van der Waals surface area contributed by atoms with Crippen LogP contribution in [0.4, 0.5) is 0 Å². The Kier molecular flexibility index (Phi) is 4.97. The van der Waals surface area contributed by atoms with E-state index in [1.165, 1.54) is 0 Å². The van der Waals surface area contributed by atoms with Crippen LogP contribution in [0.15, 0.2) is 53.2 Å². The highest BCUT2D eigenvalue weighted by atomic mass is 32.1. The van der Waals surface area contributed by atoms with Crippen LogP contribution in [0.2, 0.25) is 0 Å². The van der Waals surface area contributed by atoms with Gasteiger partial charge in [0.1, 0.15) is 6.61 Å². The minimum absolute atomic E-state index is 0.234. The zero-order valence-corrected chi connectivity index (χ0v) is 11.0. The van der Waals surface area contributed by atoms with E-state index >= 15 is 0 Å². The molecule has 94 valence electrons. The predicted molar refractivity (Wildman–Crippen MR) is 77.6 cm³/mol. The molecule has 1 aromatic carbocycles. The number of hydrogen-bond acceptors (Lipinski definition) is 3. The SMILES string of the molecule is O=C(C#Cc1ccccc1)OC/C=C/c1ccsc1. The average molecular weight is 268 g/mol. The van der Waals surface area contributed by atoms with E-state index in [0.717, 1.165) is 11.1 Å². The van der Waals surface area contributed by atoms with Crippen molar-refractivity contribution in [2.45, 2.75) is 0 Å². The lowest BCUT2D eigenvalue weighted by atomic mass is 10.2. The summed E-state index contributed by atoms with van der Waals surface area (Å²) in [5.74, 6) is 4.69. The van der Waals surface area contributed by atoms with Gasteiger partial charge in [0.25, 0.3) is 0 Å². The lowest BCUT2D eigenvalue weighted by Gasteiger charge is -1.93. The molecule has 0 atom stereocenters. The van der Waals surface area contributed by atoms with Gasteiger partial charge in [0.05, 0.1) is 0 Å². The Balaban J connectivity index is 1.78. The maximum atomic E-state index is 11.4. The van der Waals surface area contributed by atoms with Crippen molar-refractivity contribution < 1.29 is 9.53 Å². The molecule has 2 aromatic rings. The minimum atomic E-state index is -0.515. The van der Waals surface area contributed by atoms with Crippen LogP contribution in [0.5, 0.6) is 0 Å². The van der Waals surface area contributed by atoms with E-state index in [2.05, 4.69) is 11.8 Å². The van der Waals surface area contributed by atoms with E-state index in [4.69, 9.17) is 4.74 Å². The fourth-order valence-corrected chi connectivity index (χ4v) is 1.99. The summed E-state index contributed by atoms with van der Waals surface area (Å²) >= 11 is 1.63. The maximum Gasteiger partial charge on any atom is 0.385 e. The molecule has 19 heavy (non-hydrogen) atoms. The first-order chi connectivity index (χ1) is 9.34. The van der Waals surface area contributed by atoms with Crippen molar-refractivity contribution in [3.05, 3.63) is 64.4 Å². The van der Waals surface area contributed by atoms with Gasteiger partial charge in [0.2, 0.25) is 0 Å². The molecule has 0 radical (unpaired) electrons. The lowest BCUT2D eigenvalue weighted by Crippen LogP contribution is -2.00. The standard InChI is InChI=1S/C16H12O2S/c17-16(9-8-14-5-2-1-3-6-14)18-11-4-7-15-10-12-19-13-15/h1-7,10,12-13H,11H2/b7-4+. The Morgan fingerprint density at radius 3 is 2.84 bits per heavy atom. The molecule has 0 bridgehead atoms. The first kappa shape index (κ1) is 13.1. The van der Waals surface area contributed by atoms with E-state index in [9.17, 15) is 4.79 Å². The van der Waals surface area contributed by atoms with Crippen LogP contribution in [0, 0.1) is 11.8 Å².